The standard InChI is InChI=1S/C25H25N3O2/c1-15-6-8-18(9-7-15)24-20-12-16(2)17(3)13-21(20)25(28-27-24)26-22-14-19(29-4)10-11-23(22)30-5/h6-14H,1-5H3,(H,26,28). The van der Waals surface area contributed by atoms with Crippen LogP contribution in [0.1, 0.15) is 16.7 Å². The van der Waals surface area contributed by atoms with Crippen LogP contribution in [0.15, 0.2) is 54.6 Å². The van der Waals surface area contributed by atoms with E-state index in [9.17, 15) is 0 Å². The molecule has 1 N–H and O–H groups in total. The molecule has 0 unspecified atom stereocenters. The van der Waals surface area contributed by atoms with Crippen LogP contribution in [-0.2, 0) is 0 Å². The second-order valence-corrected chi connectivity index (χ2v) is 7.44. The van der Waals surface area contributed by atoms with Gasteiger partial charge in [0.25, 0.3) is 0 Å². The summed E-state index contributed by atoms with van der Waals surface area (Å²) in [5.41, 5.74) is 6.32. The molecule has 4 aromatic rings. The SMILES string of the molecule is COc1ccc(OC)c(Nc2nnc(-c3ccc(C)cc3)c3cc(C)c(C)cc23)c1. The van der Waals surface area contributed by atoms with Crippen molar-refractivity contribution in [3.8, 4) is 22.8 Å². The number of nitrogens with zero attached hydrogens (tertiary/aromatic N) is 2. The van der Waals surface area contributed by atoms with Crippen LogP contribution in [0.2, 0.25) is 0 Å². The molecule has 4 rings (SSSR count). The first kappa shape index (κ1) is 19.7. The van der Waals surface area contributed by atoms with Crippen LogP contribution in [0.5, 0.6) is 11.5 Å². The number of aryl methyl sites for hydroxylation is 3. The lowest BCUT2D eigenvalue weighted by atomic mass is 9.99. The summed E-state index contributed by atoms with van der Waals surface area (Å²) in [5.74, 6) is 2.12. The Hall–Kier alpha value is -3.60. The topological polar surface area (TPSA) is 56.3 Å². The Morgan fingerprint density at radius 2 is 1.43 bits per heavy atom. The predicted molar refractivity (Wildman–Crippen MR) is 122 cm³/mol. The van der Waals surface area contributed by atoms with E-state index in [-0.39, 0.29) is 0 Å². The lowest BCUT2D eigenvalue weighted by molar-refractivity contribution is 0.405. The monoisotopic (exact) mass is 399 g/mol. The lowest BCUT2D eigenvalue weighted by Gasteiger charge is -2.15. The van der Waals surface area contributed by atoms with Gasteiger partial charge in [-0.25, -0.2) is 0 Å². The van der Waals surface area contributed by atoms with E-state index in [2.05, 4.69) is 72.7 Å². The number of ether oxygens (including phenoxy) is 2. The Morgan fingerprint density at radius 1 is 0.733 bits per heavy atom. The molecular weight excluding hydrogens is 374 g/mol. The smallest absolute Gasteiger partial charge is 0.161 e. The number of nitrogens with one attached hydrogen (secondary N) is 1. The van der Waals surface area contributed by atoms with Gasteiger partial charge in [0, 0.05) is 22.4 Å². The van der Waals surface area contributed by atoms with Gasteiger partial charge in [0.1, 0.15) is 17.2 Å². The van der Waals surface area contributed by atoms with Crippen LogP contribution >= 0.6 is 0 Å². The first-order valence-electron chi connectivity index (χ1n) is 9.84. The van der Waals surface area contributed by atoms with Crippen molar-refractivity contribution in [3.63, 3.8) is 0 Å². The van der Waals surface area contributed by atoms with Crippen molar-refractivity contribution in [1.82, 2.24) is 10.2 Å². The molecule has 152 valence electrons. The van der Waals surface area contributed by atoms with Gasteiger partial charge in [-0.3, -0.25) is 0 Å². The van der Waals surface area contributed by atoms with Gasteiger partial charge in [-0.1, -0.05) is 29.8 Å². The largest absolute Gasteiger partial charge is 0.497 e. The third-order valence-corrected chi connectivity index (χ3v) is 5.38. The Balaban J connectivity index is 1.89. The van der Waals surface area contributed by atoms with Gasteiger partial charge in [0.2, 0.25) is 0 Å². The highest BCUT2D eigenvalue weighted by molar-refractivity contribution is 6.02. The summed E-state index contributed by atoms with van der Waals surface area (Å²) in [6.07, 6.45) is 0. The number of rotatable bonds is 5. The van der Waals surface area contributed by atoms with Crippen molar-refractivity contribution in [3.05, 3.63) is 71.3 Å². The van der Waals surface area contributed by atoms with Crippen molar-refractivity contribution in [1.29, 1.82) is 0 Å². The summed E-state index contributed by atoms with van der Waals surface area (Å²) < 4.78 is 10.9. The molecule has 0 spiro atoms. The molecule has 0 aliphatic carbocycles. The van der Waals surface area contributed by atoms with Crippen molar-refractivity contribution in [2.75, 3.05) is 19.5 Å². The van der Waals surface area contributed by atoms with Gasteiger partial charge in [-0.2, -0.15) is 0 Å². The van der Waals surface area contributed by atoms with Gasteiger partial charge in [0.15, 0.2) is 5.82 Å². The summed E-state index contributed by atoms with van der Waals surface area (Å²) in [7, 11) is 3.29. The molecule has 0 saturated carbocycles. The molecule has 0 saturated heterocycles. The van der Waals surface area contributed by atoms with E-state index in [0.717, 1.165) is 33.5 Å². The minimum Gasteiger partial charge on any atom is -0.497 e. The maximum absolute atomic E-state index is 5.51. The summed E-state index contributed by atoms with van der Waals surface area (Å²) in [6, 6.07) is 18.3. The maximum Gasteiger partial charge on any atom is 0.161 e. The Kier molecular flexibility index (Phi) is 5.27. The Bertz CT molecular complexity index is 1220. The molecular formula is C25H25N3O2. The number of fused-ring (bicyclic) bond motifs is 1. The first-order valence-corrected chi connectivity index (χ1v) is 9.84. The fraction of sp³-hybridized carbons (Fsp3) is 0.200. The molecule has 3 aromatic carbocycles. The van der Waals surface area contributed by atoms with E-state index in [1.54, 1.807) is 14.2 Å². The van der Waals surface area contributed by atoms with Crippen LogP contribution in [0.3, 0.4) is 0 Å². The Labute approximate surface area is 176 Å². The lowest BCUT2D eigenvalue weighted by Crippen LogP contribution is -2.02. The van der Waals surface area contributed by atoms with Crippen molar-refractivity contribution < 1.29 is 9.47 Å². The average molecular weight is 399 g/mol. The van der Waals surface area contributed by atoms with Crippen molar-refractivity contribution in [2.45, 2.75) is 20.8 Å². The van der Waals surface area contributed by atoms with Gasteiger partial charge in [-0.15, -0.1) is 10.2 Å². The van der Waals surface area contributed by atoms with Gasteiger partial charge in [0.05, 0.1) is 19.9 Å². The van der Waals surface area contributed by atoms with E-state index in [4.69, 9.17) is 9.47 Å². The second kappa shape index (κ2) is 8.03. The number of anilines is 2. The van der Waals surface area contributed by atoms with Gasteiger partial charge in [-0.05, 0) is 56.2 Å². The van der Waals surface area contributed by atoms with Crippen LogP contribution in [-0.4, -0.2) is 24.4 Å². The third-order valence-electron chi connectivity index (χ3n) is 5.38. The third kappa shape index (κ3) is 3.66. The van der Waals surface area contributed by atoms with Gasteiger partial charge >= 0.3 is 0 Å². The number of aromatic nitrogens is 2. The minimum atomic E-state index is 0.676. The van der Waals surface area contributed by atoms with Crippen LogP contribution in [0.4, 0.5) is 11.5 Å². The normalized spacial score (nSPS) is 10.8. The highest BCUT2D eigenvalue weighted by Gasteiger charge is 2.15. The molecule has 1 heterocycles. The van der Waals surface area contributed by atoms with Crippen molar-refractivity contribution >= 4 is 22.3 Å². The number of benzene rings is 3. The molecule has 0 aliphatic heterocycles. The fourth-order valence-electron chi connectivity index (χ4n) is 3.47. The van der Waals surface area contributed by atoms with E-state index >= 15 is 0 Å². The zero-order valence-corrected chi connectivity index (χ0v) is 17.9. The second-order valence-electron chi connectivity index (χ2n) is 7.44. The molecule has 0 radical (unpaired) electrons. The highest BCUT2D eigenvalue weighted by atomic mass is 16.5. The van der Waals surface area contributed by atoms with Crippen LogP contribution in [0, 0.1) is 20.8 Å². The molecule has 30 heavy (non-hydrogen) atoms. The first-order chi connectivity index (χ1) is 14.5. The summed E-state index contributed by atoms with van der Waals surface area (Å²) in [6.45, 7) is 6.30. The number of methoxy groups -OCH3 is 2. The molecule has 0 amide bonds. The van der Waals surface area contributed by atoms with Crippen LogP contribution in [0.25, 0.3) is 22.0 Å². The summed E-state index contributed by atoms with van der Waals surface area (Å²) in [4.78, 5) is 0. The van der Waals surface area contributed by atoms with Gasteiger partial charge < -0.3 is 14.8 Å². The fourth-order valence-corrected chi connectivity index (χ4v) is 3.47. The van der Waals surface area contributed by atoms with E-state index in [1.165, 1.54) is 16.7 Å². The molecule has 0 fully saturated rings. The summed E-state index contributed by atoms with van der Waals surface area (Å²) >= 11 is 0. The summed E-state index contributed by atoms with van der Waals surface area (Å²) in [5, 5.41) is 14.6. The molecule has 0 bridgehead atoms. The zero-order chi connectivity index (χ0) is 21.3. The average Bonchev–Trinajstić information content (AvgIpc) is 2.76. The molecule has 1 aromatic heterocycles. The number of hydrogen-bond donors (Lipinski definition) is 1. The molecule has 5 heteroatoms. The molecule has 5 nitrogen and oxygen atoms in total. The van der Waals surface area contributed by atoms with E-state index < -0.39 is 0 Å². The zero-order valence-electron chi connectivity index (χ0n) is 17.9. The number of hydrogen-bond acceptors (Lipinski definition) is 5. The maximum atomic E-state index is 5.51. The van der Waals surface area contributed by atoms with Crippen molar-refractivity contribution in [2.24, 2.45) is 0 Å². The minimum absolute atomic E-state index is 0.676. The predicted octanol–water partition coefficient (Wildman–Crippen LogP) is 5.98. The Morgan fingerprint density at radius 3 is 2.10 bits per heavy atom. The molecule has 0 aliphatic rings. The molecule has 0 atom stereocenters. The van der Waals surface area contributed by atoms with Crippen LogP contribution < -0.4 is 14.8 Å². The quantitative estimate of drug-likeness (QED) is 0.447. The highest BCUT2D eigenvalue weighted by Crippen LogP contribution is 2.36. The van der Waals surface area contributed by atoms with E-state index in [0.29, 0.717) is 11.6 Å². The van der Waals surface area contributed by atoms with E-state index in [1.807, 2.05) is 18.2 Å².